The highest BCUT2D eigenvalue weighted by atomic mass is 32.2. The first kappa shape index (κ1) is 22.3. The highest BCUT2D eigenvalue weighted by Gasteiger charge is 2.39. The molecule has 33 heavy (non-hydrogen) atoms. The molecule has 0 aliphatic carbocycles. The van der Waals surface area contributed by atoms with E-state index in [4.69, 9.17) is 13.7 Å². The minimum atomic E-state index is -4.08. The lowest BCUT2D eigenvalue weighted by Crippen LogP contribution is -2.42. The molecule has 0 atom stereocenters. The minimum absolute atomic E-state index is 0.0152. The maximum absolute atomic E-state index is 12.7. The molecule has 2 aromatic carbocycles. The van der Waals surface area contributed by atoms with Crippen LogP contribution in [-0.2, 0) is 29.2 Å². The first-order valence-corrected chi connectivity index (χ1v) is 11.3. The third kappa shape index (κ3) is 4.80. The summed E-state index contributed by atoms with van der Waals surface area (Å²) < 4.78 is 40.9. The molecule has 4 rings (SSSR count). The summed E-state index contributed by atoms with van der Waals surface area (Å²) in [4.78, 5) is 28.6. The number of aryl methyl sites for hydroxylation is 1. The van der Waals surface area contributed by atoms with Gasteiger partial charge in [0, 0.05) is 25.4 Å². The number of rotatable bonds is 5. The molecule has 1 aliphatic heterocycles. The summed E-state index contributed by atoms with van der Waals surface area (Å²) in [5, 5.41) is 3.37. The summed E-state index contributed by atoms with van der Waals surface area (Å²) in [5.41, 5.74) is 0.856. The molecule has 170 valence electrons. The fourth-order valence-electron chi connectivity index (χ4n) is 3.06. The molecule has 3 aromatic rings. The lowest BCUT2D eigenvalue weighted by Gasteiger charge is -2.29. The van der Waals surface area contributed by atoms with Crippen LogP contribution in [0.5, 0.6) is 5.75 Å². The standard InChI is InChI=1S/C23H20N2O7S/c1-14-7-10-16(11-8-14)33(28,29)32-18-6-4-5-15-9-12-19(25-20(15)18)24-13-17-21(26)30-23(2,3)31-22(17)27/h4-13H,1-3H3,(H,24,25). The SMILES string of the molecule is Cc1ccc(S(=O)(=O)Oc2cccc3ccc(NC=C4C(=O)OC(C)(C)OC4=O)nc23)cc1. The number of pyridine rings is 1. The van der Waals surface area contributed by atoms with Crippen molar-refractivity contribution in [2.75, 3.05) is 5.32 Å². The van der Waals surface area contributed by atoms with Crippen LogP contribution in [0.3, 0.4) is 0 Å². The number of hydrogen-bond acceptors (Lipinski definition) is 9. The second kappa shape index (κ2) is 8.21. The van der Waals surface area contributed by atoms with Gasteiger partial charge < -0.3 is 19.0 Å². The Labute approximate surface area is 190 Å². The van der Waals surface area contributed by atoms with E-state index in [-0.39, 0.29) is 27.6 Å². The van der Waals surface area contributed by atoms with Gasteiger partial charge in [0.15, 0.2) is 11.3 Å². The molecule has 9 nitrogen and oxygen atoms in total. The zero-order chi connectivity index (χ0) is 23.8. The van der Waals surface area contributed by atoms with Gasteiger partial charge >= 0.3 is 22.1 Å². The van der Waals surface area contributed by atoms with E-state index in [1.165, 1.54) is 32.0 Å². The van der Waals surface area contributed by atoms with Crippen LogP contribution in [0.15, 0.2) is 71.3 Å². The van der Waals surface area contributed by atoms with Crippen molar-refractivity contribution in [2.24, 2.45) is 0 Å². The molecule has 10 heteroatoms. The number of cyclic esters (lactones) is 2. The Kier molecular flexibility index (Phi) is 5.54. The fourth-order valence-corrected chi connectivity index (χ4v) is 4.00. The van der Waals surface area contributed by atoms with E-state index < -0.39 is 27.8 Å². The van der Waals surface area contributed by atoms with Gasteiger partial charge in [-0.1, -0.05) is 29.8 Å². The van der Waals surface area contributed by atoms with E-state index in [0.717, 1.165) is 11.8 Å². The Morgan fingerprint density at radius 1 is 0.970 bits per heavy atom. The molecule has 1 saturated heterocycles. The summed E-state index contributed by atoms with van der Waals surface area (Å²) in [6.07, 6.45) is 1.13. The number of carbonyl (C=O) groups excluding carboxylic acids is 2. The number of para-hydroxylation sites is 1. The van der Waals surface area contributed by atoms with Gasteiger partial charge in [-0.25, -0.2) is 14.6 Å². The second-order valence-corrected chi connectivity index (χ2v) is 9.30. The van der Waals surface area contributed by atoms with Gasteiger partial charge in [0.25, 0.3) is 5.79 Å². The van der Waals surface area contributed by atoms with Crippen LogP contribution in [0.25, 0.3) is 10.9 Å². The summed E-state index contributed by atoms with van der Waals surface area (Å²) in [6.45, 7) is 4.75. The van der Waals surface area contributed by atoms with Crippen LogP contribution in [0.2, 0.25) is 0 Å². The molecular formula is C23H20N2O7S. The predicted molar refractivity (Wildman–Crippen MR) is 119 cm³/mol. The highest BCUT2D eigenvalue weighted by molar-refractivity contribution is 7.87. The number of carbonyl (C=O) groups is 2. The first-order chi connectivity index (χ1) is 15.5. The van der Waals surface area contributed by atoms with Gasteiger partial charge in [0.1, 0.15) is 16.2 Å². The van der Waals surface area contributed by atoms with Crippen LogP contribution in [0.1, 0.15) is 19.4 Å². The average Bonchev–Trinajstić information content (AvgIpc) is 2.73. The van der Waals surface area contributed by atoms with Crippen molar-refractivity contribution < 1.29 is 31.7 Å². The Morgan fingerprint density at radius 2 is 1.64 bits per heavy atom. The molecule has 1 aromatic heterocycles. The van der Waals surface area contributed by atoms with Crippen LogP contribution in [0.4, 0.5) is 5.82 Å². The third-order valence-electron chi connectivity index (χ3n) is 4.67. The van der Waals surface area contributed by atoms with E-state index >= 15 is 0 Å². The quantitative estimate of drug-likeness (QED) is 0.260. The van der Waals surface area contributed by atoms with E-state index in [1.807, 2.05) is 6.92 Å². The molecule has 1 N–H and O–H groups in total. The average molecular weight is 468 g/mol. The zero-order valence-electron chi connectivity index (χ0n) is 18.0. The molecule has 1 fully saturated rings. The molecule has 0 unspecified atom stereocenters. The number of ether oxygens (including phenoxy) is 2. The smallest absolute Gasteiger partial charge is 0.350 e. The maximum atomic E-state index is 12.7. The molecule has 0 spiro atoms. The predicted octanol–water partition coefficient (Wildman–Crippen LogP) is 3.44. The number of anilines is 1. The van der Waals surface area contributed by atoms with Crippen LogP contribution < -0.4 is 9.50 Å². The Bertz CT molecular complexity index is 1370. The van der Waals surface area contributed by atoms with Crippen LogP contribution >= 0.6 is 0 Å². The van der Waals surface area contributed by atoms with Gasteiger partial charge in [-0.2, -0.15) is 8.42 Å². The van der Waals surface area contributed by atoms with Crippen molar-refractivity contribution in [1.82, 2.24) is 4.98 Å². The van der Waals surface area contributed by atoms with E-state index in [9.17, 15) is 18.0 Å². The van der Waals surface area contributed by atoms with Crippen molar-refractivity contribution in [2.45, 2.75) is 31.5 Å². The third-order valence-corrected chi connectivity index (χ3v) is 5.92. The maximum Gasteiger partial charge on any atom is 0.350 e. The summed E-state index contributed by atoms with van der Waals surface area (Å²) in [5.74, 6) is -2.75. The van der Waals surface area contributed by atoms with Crippen molar-refractivity contribution in [1.29, 1.82) is 0 Å². The second-order valence-electron chi connectivity index (χ2n) is 7.76. The topological polar surface area (TPSA) is 121 Å². The normalized spacial score (nSPS) is 15.5. The Morgan fingerprint density at radius 3 is 2.30 bits per heavy atom. The molecule has 2 heterocycles. The number of fused-ring (bicyclic) bond motifs is 1. The van der Waals surface area contributed by atoms with Crippen molar-refractivity contribution >= 4 is 38.8 Å². The fraction of sp³-hybridized carbons (Fsp3) is 0.174. The highest BCUT2D eigenvalue weighted by Crippen LogP contribution is 2.29. The number of aromatic nitrogens is 1. The molecular weight excluding hydrogens is 448 g/mol. The first-order valence-electron chi connectivity index (χ1n) is 9.88. The van der Waals surface area contributed by atoms with Gasteiger partial charge in [0.05, 0.1) is 0 Å². The van der Waals surface area contributed by atoms with Crippen molar-refractivity contribution in [3.05, 3.63) is 71.9 Å². The number of hydrogen-bond donors (Lipinski definition) is 1. The molecule has 0 radical (unpaired) electrons. The van der Waals surface area contributed by atoms with Gasteiger partial charge in [0.2, 0.25) is 0 Å². The van der Waals surface area contributed by atoms with Crippen LogP contribution in [0, 0.1) is 6.92 Å². The monoisotopic (exact) mass is 468 g/mol. The Hall–Kier alpha value is -3.92. The van der Waals surface area contributed by atoms with E-state index in [0.29, 0.717) is 5.39 Å². The summed E-state index contributed by atoms with van der Waals surface area (Å²) >= 11 is 0. The zero-order valence-corrected chi connectivity index (χ0v) is 18.8. The van der Waals surface area contributed by atoms with Gasteiger partial charge in [-0.15, -0.1) is 0 Å². The number of nitrogens with one attached hydrogen (secondary N) is 1. The van der Waals surface area contributed by atoms with Gasteiger partial charge in [-0.3, -0.25) is 0 Å². The number of esters is 2. The molecule has 1 aliphatic rings. The largest absolute Gasteiger partial charge is 0.419 e. The lowest BCUT2D eigenvalue weighted by atomic mass is 10.2. The summed E-state index contributed by atoms with van der Waals surface area (Å²) in [6, 6.07) is 14.4. The van der Waals surface area contributed by atoms with E-state index in [2.05, 4.69) is 10.3 Å². The van der Waals surface area contributed by atoms with Crippen LogP contribution in [-0.4, -0.2) is 31.1 Å². The van der Waals surface area contributed by atoms with Crippen molar-refractivity contribution in [3.63, 3.8) is 0 Å². The number of nitrogens with zero attached hydrogens (tertiary/aromatic N) is 1. The minimum Gasteiger partial charge on any atom is -0.419 e. The number of benzene rings is 2. The molecule has 0 bridgehead atoms. The van der Waals surface area contributed by atoms with Crippen molar-refractivity contribution in [3.8, 4) is 5.75 Å². The molecule has 0 amide bonds. The van der Waals surface area contributed by atoms with Gasteiger partial charge in [-0.05, 0) is 37.3 Å². The lowest BCUT2D eigenvalue weighted by molar-refractivity contribution is -0.222. The summed E-state index contributed by atoms with van der Waals surface area (Å²) in [7, 11) is -4.08. The van der Waals surface area contributed by atoms with E-state index in [1.54, 1.807) is 36.4 Å². The molecule has 0 saturated carbocycles. The Balaban J connectivity index is 1.63.